The van der Waals surface area contributed by atoms with Crippen LogP contribution in [0.1, 0.15) is 18.9 Å². The summed E-state index contributed by atoms with van der Waals surface area (Å²) in [7, 11) is 0.195. The van der Waals surface area contributed by atoms with Crippen molar-refractivity contribution in [1.29, 1.82) is 0 Å². The van der Waals surface area contributed by atoms with Crippen LogP contribution in [-0.2, 0) is 28.4 Å². The predicted molar refractivity (Wildman–Crippen MR) is 84.9 cm³/mol. The van der Waals surface area contributed by atoms with E-state index < -0.39 is 10.0 Å². The Morgan fingerprint density at radius 1 is 1.32 bits per heavy atom. The first kappa shape index (κ1) is 17.4. The van der Waals surface area contributed by atoms with Crippen molar-refractivity contribution in [3.63, 3.8) is 0 Å². The van der Waals surface area contributed by atoms with Crippen molar-refractivity contribution in [2.75, 3.05) is 39.0 Å². The third kappa shape index (κ3) is 4.77. The van der Waals surface area contributed by atoms with Crippen molar-refractivity contribution in [2.24, 2.45) is 7.05 Å². The van der Waals surface area contributed by atoms with Crippen LogP contribution >= 0.6 is 0 Å². The molecule has 2 heterocycles. The van der Waals surface area contributed by atoms with E-state index in [1.165, 1.54) is 7.11 Å². The van der Waals surface area contributed by atoms with Crippen molar-refractivity contribution in [1.82, 2.24) is 19.0 Å². The average Bonchev–Trinajstić information content (AvgIpc) is 2.72. The van der Waals surface area contributed by atoms with E-state index in [0.717, 1.165) is 31.6 Å². The van der Waals surface area contributed by atoms with E-state index in [-0.39, 0.29) is 11.9 Å². The van der Waals surface area contributed by atoms with Gasteiger partial charge in [0.1, 0.15) is 0 Å². The second kappa shape index (κ2) is 7.54. The molecule has 0 bridgehead atoms. The topological polar surface area (TPSA) is 67.7 Å². The molecule has 22 heavy (non-hydrogen) atoms. The maximum absolute atomic E-state index is 12.4. The van der Waals surface area contributed by atoms with Crippen LogP contribution in [0.4, 0.5) is 0 Å². The molecule has 1 aromatic heterocycles. The van der Waals surface area contributed by atoms with Crippen LogP contribution < -0.4 is 0 Å². The summed E-state index contributed by atoms with van der Waals surface area (Å²) in [4.78, 5) is 2.28. The molecular weight excluding hydrogens is 304 g/mol. The van der Waals surface area contributed by atoms with Crippen LogP contribution in [0.15, 0.2) is 12.4 Å². The second-order valence-electron chi connectivity index (χ2n) is 5.88. The van der Waals surface area contributed by atoms with Gasteiger partial charge in [0.25, 0.3) is 0 Å². The Morgan fingerprint density at radius 2 is 2.09 bits per heavy atom. The van der Waals surface area contributed by atoms with Gasteiger partial charge in [0, 0.05) is 52.1 Å². The molecule has 7 nitrogen and oxygen atoms in total. The van der Waals surface area contributed by atoms with Crippen LogP contribution in [0.3, 0.4) is 0 Å². The number of sulfonamides is 1. The molecule has 0 saturated carbocycles. The summed E-state index contributed by atoms with van der Waals surface area (Å²) in [5.74, 6) is 0.0477. The van der Waals surface area contributed by atoms with Crippen LogP contribution in [0, 0.1) is 0 Å². The van der Waals surface area contributed by atoms with E-state index >= 15 is 0 Å². The van der Waals surface area contributed by atoms with Gasteiger partial charge < -0.3 is 4.74 Å². The molecule has 1 fully saturated rings. The molecule has 1 saturated heterocycles. The van der Waals surface area contributed by atoms with E-state index in [2.05, 4.69) is 10.00 Å². The maximum Gasteiger partial charge on any atom is 0.216 e. The molecule has 0 amide bonds. The normalized spacial score (nSPS) is 20.0. The molecule has 0 N–H and O–H groups in total. The van der Waals surface area contributed by atoms with E-state index in [0.29, 0.717) is 13.1 Å². The van der Waals surface area contributed by atoms with Crippen LogP contribution in [0.5, 0.6) is 0 Å². The monoisotopic (exact) mass is 330 g/mol. The quantitative estimate of drug-likeness (QED) is 0.750. The Hall–Kier alpha value is -0.960. The third-order valence-corrected chi connectivity index (χ3v) is 6.00. The number of methoxy groups -OCH3 is 1. The fraction of sp³-hybridized carbons (Fsp3) is 0.786. The molecule has 1 aromatic rings. The lowest BCUT2D eigenvalue weighted by Gasteiger charge is -2.22. The van der Waals surface area contributed by atoms with E-state index in [9.17, 15) is 8.42 Å². The van der Waals surface area contributed by atoms with Gasteiger partial charge in [-0.25, -0.2) is 12.7 Å². The van der Waals surface area contributed by atoms with Gasteiger partial charge >= 0.3 is 0 Å². The second-order valence-corrected chi connectivity index (χ2v) is 7.89. The van der Waals surface area contributed by atoms with Crippen molar-refractivity contribution in [3.05, 3.63) is 18.0 Å². The summed E-state index contributed by atoms with van der Waals surface area (Å²) in [5, 5.41) is 4.17. The summed E-state index contributed by atoms with van der Waals surface area (Å²) < 4.78 is 33.3. The Bertz CT molecular complexity index is 572. The lowest BCUT2D eigenvalue weighted by Crippen LogP contribution is -2.39. The number of nitrogens with zero attached hydrogens (tertiary/aromatic N) is 4. The molecule has 126 valence electrons. The number of hydrogen-bond donors (Lipinski definition) is 0. The Kier molecular flexibility index (Phi) is 5.96. The minimum Gasteiger partial charge on any atom is -0.381 e. The number of aryl methyl sites for hydroxylation is 1. The highest BCUT2D eigenvalue weighted by Crippen LogP contribution is 2.12. The van der Waals surface area contributed by atoms with Crippen LogP contribution in [-0.4, -0.2) is 72.5 Å². The minimum atomic E-state index is -3.24. The highest BCUT2D eigenvalue weighted by Gasteiger charge is 2.26. The van der Waals surface area contributed by atoms with E-state index in [1.807, 2.05) is 19.4 Å². The van der Waals surface area contributed by atoms with Crippen molar-refractivity contribution < 1.29 is 13.2 Å². The number of aromatic nitrogens is 2. The van der Waals surface area contributed by atoms with Crippen molar-refractivity contribution in [2.45, 2.75) is 26.0 Å². The summed E-state index contributed by atoms with van der Waals surface area (Å²) >= 11 is 0. The predicted octanol–water partition coefficient (Wildman–Crippen LogP) is 0.293. The summed E-state index contributed by atoms with van der Waals surface area (Å²) in [5.41, 5.74) is 1.16. The summed E-state index contributed by atoms with van der Waals surface area (Å²) in [6.07, 6.45) is 4.43. The molecule has 1 aliphatic rings. The van der Waals surface area contributed by atoms with Crippen molar-refractivity contribution >= 4 is 10.0 Å². The average molecular weight is 330 g/mol. The lowest BCUT2D eigenvalue weighted by atomic mass is 10.3. The Balaban J connectivity index is 1.91. The van der Waals surface area contributed by atoms with Gasteiger partial charge in [0.2, 0.25) is 10.0 Å². The van der Waals surface area contributed by atoms with Gasteiger partial charge in [-0.05, 0) is 19.9 Å². The zero-order valence-corrected chi connectivity index (χ0v) is 14.4. The molecule has 0 spiro atoms. The molecule has 1 aliphatic heterocycles. The molecule has 1 atom stereocenters. The number of rotatable bonds is 6. The molecule has 0 radical (unpaired) electrons. The summed E-state index contributed by atoms with van der Waals surface area (Å²) in [6, 6.07) is 0. The van der Waals surface area contributed by atoms with Gasteiger partial charge in [-0.15, -0.1) is 0 Å². The molecule has 0 aromatic carbocycles. The standard InChI is InChI=1S/C14H26N4O3S/c1-13(21-3)12-22(19,20)18-6-4-5-17(7-8-18)11-14-9-15-16(2)10-14/h9-10,13H,4-8,11-12H2,1-3H3/t13-/m0/s1. The highest BCUT2D eigenvalue weighted by molar-refractivity contribution is 7.89. The summed E-state index contributed by atoms with van der Waals surface area (Å²) in [6.45, 7) is 5.37. The van der Waals surface area contributed by atoms with E-state index in [4.69, 9.17) is 4.74 Å². The van der Waals surface area contributed by atoms with Gasteiger partial charge in [-0.2, -0.15) is 5.10 Å². The van der Waals surface area contributed by atoms with E-state index in [1.54, 1.807) is 15.9 Å². The Morgan fingerprint density at radius 3 is 2.73 bits per heavy atom. The zero-order valence-electron chi connectivity index (χ0n) is 13.6. The largest absolute Gasteiger partial charge is 0.381 e. The Labute approximate surface area is 132 Å². The lowest BCUT2D eigenvalue weighted by molar-refractivity contribution is 0.135. The smallest absolute Gasteiger partial charge is 0.216 e. The van der Waals surface area contributed by atoms with Gasteiger partial charge in [-0.3, -0.25) is 9.58 Å². The minimum absolute atomic E-state index is 0.0477. The van der Waals surface area contributed by atoms with Gasteiger partial charge in [0.15, 0.2) is 0 Å². The van der Waals surface area contributed by atoms with Gasteiger partial charge in [0.05, 0.1) is 18.1 Å². The first-order valence-electron chi connectivity index (χ1n) is 7.61. The first-order chi connectivity index (χ1) is 10.4. The molecule has 2 rings (SSSR count). The van der Waals surface area contributed by atoms with Gasteiger partial charge in [-0.1, -0.05) is 0 Å². The molecular formula is C14H26N4O3S. The highest BCUT2D eigenvalue weighted by atomic mass is 32.2. The van der Waals surface area contributed by atoms with Crippen molar-refractivity contribution in [3.8, 4) is 0 Å². The van der Waals surface area contributed by atoms with Crippen LogP contribution in [0.2, 0.25) is 0 Å². The fourth-order valence-electron chi connectivity index (χ4n) is 2.67. The molecule has 8 heteroatoms. The zero-order chi connectivity index (χ0) is 16.2. The third-order valence-electron chi connectivity index (χ3n) is 3.95. The number of ether oxygens (including phenoxy) is 1. The molecule has 0 unspecified atom stereocenters. The van der Waals surface area contributed by atoms with Crippen LogP contribution in [0.25, 0.3) is 0 Å². The number of hydrogen-bond acceptors (Lipinski definition) is 5. The maximum atomic E-state index is 12.4. The molecule has 0 aliphatic carbocycles. The first-order valence-corrected chi connectivity index (χ1v) is 9.22. The SMILES string of the molecule is CO[C@@H](C)CS(=O)(=O)N1CCCN(Cc2cnn(C)c2)CC1. The fourth-order valence-corrected chi connectivity index (χ4v) is 4.37.